The summed E-state index contributed by atoms with van der Waals surface area (Å²) in [7, 11) is 0. The molecule has 3 aromatic rings. The van der Waals surface area contributed by atoms with Crippen molar-refractivity contribution in [3.63, 3.8) is 0 Å². The average Bonchev–Trinajstić information content (AvgIpc) is 2.87. The van der Waals surface area contributed by atoms with E-state index in [-0.39, 0.29) is 0 Å². The van der Waals surface area contributed by atoms with E-state index in [2.05, 4.69) is 15.0 Å². The summed E-state index contributed by atoms with van der Waals surface area (Å²) in [5.74, 6) is 0.498. The highest BCUT2D eigenvalue weighted by molar-refractivity contribution is 7.11. The van der Waals surface area contributed by atoms with Crippen molar-refractivity contribution in [3.8, 4) is 0 Å². The summed E-state index contributed by atoms with van der Waals surface area (Å²) >= 11 is 1.66. The maximum atomic E-state index is 5.97. The Balaban J connectivity index is 2.11. The number of nitrogens with zero attached hydrogens (tertiary/aromatic N) is 4. The second kappa shape index (κ2) is 4.06. The maximum absolute atomic E-state index is 5.97. The van der Waals surface area contributed by atoms with Crippen LogP contribution in [0.15, 0.2) is 18.5 Å². The number of fused-ring (bicyclic) bond motifs is 1. The zero-order valence-corrected chi connectivity index (χ0v) is 11.0. The highest BCUT2D eigenvalue weighted by atomic mass is 32.1. The summed E-state index contributed by atoms with van der Waals surface area (Å²) in [5, 5.41) is 1.05. The first-order valence-electron chi connectivity index (χ1n) is 5.64. The van der Waals surface area contributed by atoms with Gasteiger partial charge < -0.3 is 5.73 Å². The Morgan fingerprint density at radius 2 is 2.17 bits per heavy atom. The lowest BCUT2D eigenvalue weighted by atomic mass is 10.3. The lowest BCUT2D eigenvalue weighted by Crippen LogP contribution is -2.04. The van der Waals surface area contributed by atoms with Gasteiger partial charge in [0, 0.05) is 17.3 Å². The number of hydrogen-bond donors (Lipinski definition) is 1. The number of nitrogen functional groups attached to an aromatic ring is 1. The standard InChI is InChI=1S/C12H13N5S/c1-7-3-4-14-11-10(7)16-12(13)17(11)6-9-5-15-8(2)18-9/h3-5H,6H2,1-2H3,(H2,13,16). The first-order valence-corrected chi connectivity index (χ1v) is 6.45. The van der Waals surface area contributed by atoms with Crippen LogP contribution in [0, 0.1) is 13.8 Å². The highest BCUT2D eigenvalue weighted by Gasteiger charge is 2.12. The Bertz CT molecular complexity index is 712. The molecule has 0 aliphatic rings. The minimum atomic E-state index is 0.498. The van der Waals surface area contributed by atoms with Gasteiger partial charge in [-0.2, -0.15) is 0 Å². The molecule has 0 spiro atoms. The number of imidazole rings is 1. The first-order chi connectivity index (χ1) is 8.65. The molecule has 0 aromatic carbocycles. The van der Waals surface area contributed by atoms with Crippen molar-refractivity contribution in [3.05, 3.63) is 33.9 Å². The molecule has 0 aliphatic heterocycles. The second-order valence-electron chi connectivity index (χ2n) is 4.20. The van der Waals surface area contributed by atoms with Gasteiger partial charge in [0.15, 0.2) is 5.65 Å². The Morgan fingerprint density at radius 1 is 1.33 bits per heavy atom. The van der Waals surface area contributed by atoms with Gasteiger partial charge in [-0.05, 0) is 25.5 Å². The molecule has 2 N–H and O–H groups in total. The lowest BCUT2D eigenvalue weighted by Gasteiger charge is -2.03. The third-order valence-electron chi connectivity index (χ3n) is 2.85. The zero-order valence-electron chi connectivity index (χ0n) is 10.2. The third kappa shape index (κ3) is 1.74. The van der Waals surface area contributed by atoms with Gasteiger partial charge in [-0.15, -0.1) is 11.3 Å². The summed E-state index contributed by atoms with van der Waals surface area (Å²) in [6, 6.07) is 1.94. The van der Waals surface area contributed by atoms with E-state index in [0.29, 0.717) is 12.5 Å². The normalized spacial score (nSPS) is 11.2. The molecule has 0 radical (unpaired) electrons. The number of anilines is 1. The molecule has 0 fully saturated rings. The molecule has 3 heterocycles. The number of thiazole rings is 1. The fraction of sp³-hybridized carbons (Fsp3) is 0.250. The number of aromatic nitrogens is 4. The van der Waals surface area contributed by atoms with E-state index in [1.54, 1.807) is 17.5 Å². The quantitative estimate of drug-likeness (QED) is 0.765. The molecule has 92 valence electrons. The average molecular weight is 259 g/mol. The topological polar surface area (TPSA) is 69.6 Å². The molecule has 0 aliphatic carbocycles. The fourth-order valence-electron chi connectivity index (χ4n) is 1.95. The van der Waals surface area contributed by atoms with Crippen LogP contribution in [0.4, 0.5) is 5.95 Å². The summed E-state index contributed by atoms with van der Waals surface area (Å²) in [4.78, 5) is 14.2. The SMILES string of the molecule is Cc1ncc(Cn2c(N)nc3c(C)ccnc32)s1. The number of hydrogen-bond acceptors (Lipinski definition) is 5. The first kappa shape index (κ1) is 11.2. The van der Waals surface area contributed by atoms with Crippen molar-refractivity contribution in [1.82, 2.24) is 19.5 Å². The molecule has 3 rings (SSSR count). The second-order valence-corrected chi connectivity index (χ2v) is 5.52. The molecular formula is C12H13N5S. The van der Waals surface area contributed by atoms with E-state index in [1.165, 1.54) is 0 Å². The molecule has 0 amide bonds. The van der Waals surface area contributed by atoms with E-state index in [9.17, 15) is 0 Å². The smallest absolute Gasteiger partial charge is 0.202 e. The number of nitrogens with two attached hydrogens (primary N) is 1. The van der Waals surface area contributed by atoms with Gasteiger partial charge in [-0.25, -0.2) is 15.0 Å². The molecule has 5 nitrogen and oxygen atoms in total. The predicted octanol–water partition coefficient (Wildman–Crippen LogP) is 2.14. The van der Waals surface area contributed by atoms with Gasteiger partial charge in [-0.3, -0.25) is 4.57 Å². The highest BCUT2D eigenvalue weighted by Crippen LogP contribution is 2.21. The van der Waals surface area contributed by atoms with E-state index >= 15 is 0 Å². The van der Waals surface area contributed by atoms with Gasteiger partial charge in [0.2, 0.25) is 5.95 Å². The van der Waals surface area contributed by atoms with Gasteiger partial charge in [0.05, 0.1) is 11.6 Å². The van der Waals surface area contributed by atoms with Crippen molar-refractivity contribution in [2.24, 2.45) is 0 Å². The molecule has 0 unspecified atom stereocenters. The van der Waals surface area contributed by atoms with Crippen LogP contribution in [-0.4, -0.2) is 19.5 Å². The minimum Gasteiger partial charge on any atom is -0.369 e. The van der Waals surface area contributed by atoms with Crippen LogP contribution in [0.3, 0.4) is 0 Å². The van der Waals surface area contributed by atoms with Crippen molar-refractivity contribution in [1.29, 1.82) is 0 Å². The summed E-state index contributed by atoms with van der Waals surface area (Å²) in [6.45, 7) is 4.67. The van der Waals surface area contributed by atoms with Crippen molar-refractivity contribution in [2.45, 2.75) is 20.4 Å². The van der Waals surface area contributed by atoms with Crippen molar-refractivity contribution < 1.29 is 0 Å². The lowest BCUT2D eigenvalue weighted by molar-refractivity contribution is 0.839. The van der Waals surface area contributed by atoms with E-state index < -0.39 is 0 Å². The van der Waals surface area contributed by atoms with Gasteiger partial charge in [-0.1, -0.05) is 0 Å². The number of aryl methyl sites for hydroxylation is 2. The Kier molecular flexibility index (Phi) is 2.52. The largest absolute Gasteiger partial charge is 0.369 e. The molecule has 18 heavy (non-hydrogen) atoms. The van der Waals surface area contributed by atoms with E-state index in [1.807, 2.05) is 30.7 Å². The van der Waals surface area contributed by atoms with Crippen LogP contribution >= 0.6 is 11.3 Å². The molecule has 0 saturated heterocycles. The molecule has 6 heteroatoms. The molecular weight excluding hydrogens is 246 g/mol. The zero-order chi connectivity index (χ0) is 12.7. The van der Waals surface area contributed by atoms with Gasteiger partial charge in [0.1, 0.15) is 5.52 Å². The summed E-state index contributed by atoms with van der Waals surface area (Å²) < 4.78 is 1.93. The van der Waals surface area contributed by atoms with Crippen molar-refractivity contribution >= 4 is 28.4 Å². The fourth-order valence-corrected chi connectivity index (χ4v) is 2.73. The maximum Gasteiger partial charge on any atom is 0.202 e. The molecule has 0 atom stereocenters. The number of pyridine rings is 1. The third-order valence-corrected chi connectivity index (χ3v) is 3.75. The van der Waals surface area contributed by atoms with Crippen LogP contribution in [0.25, 0.3) is 11.2 Å². The predicted molar refractivity (Wildman–Crippen MR) is 72.6 cm³/mol. The Hall–Kier alpha value is -1.95. The molecule has 0 saturated carbocycles. The van der Waals surface area contributed by atoms with Crippen LogP contribution in [0.5, 0.6) is 0 Å². The minimum absolute atomic E-state index is 0.498. The summed E-state index contributed by atoms with van der Waals surface area (Å²) in [6.07, 6.45) is 3.66. The van der Waals surface area contributed by atoms with Crippen LogP contribution in [0.1, 0.15) is 15.4 Å². The van der Waals surface area contributed by atoms with E-state index in [0.717, 1.165) is 26.6 Å². The van der Waals surface area contributed by atoms with Crippen LogP contribution < -0.4 is 5.73 Å². The number of rotatable bonds is 2. The van der Waals surface area contributed by atoms with Gasteiger partial charge in [0.25, 0.3) is 0 Å². The van der Waals surface area contributed by atoms with E-state index in [4.69, 9.17) is 5.73 Å². The van der Waals surface area contributed by atoms with Gasteiger partial charge >= 0.3 is 0 Å². The Morgan fingerprint density at radius 3 is 2.89 bits per heavy atom. The monoisotopic (exact) mass is 259 g/mol. The molecule has 3 aromatic heterocycles. The van der Waals surface area contributed by atoms with Crippen LogP contribution in [-0.2, 0) is 6.54 Å². The van der Waals surface area contributed by atoms with Crippen LogP contribution in [0.2, 0.25) is 0 Å². The summed E-state index contributed by atoms with van der Waals surface area (Å²) in [5.41, 5.74) is 8.77. The van der Waals surface area contributed by atoms with Crippen molar-refractivity contribution in [2.75, 3.05) is 5.73 Å². The Labute approximate surface area is 108 Å². The molecule has 0 bridgehead atoms.